The SMILES string of the molecule is CCCCCCC/C=C\CCCCCCCC(=O)OC(COCCCCCCCCCCCCCC/C=C\CCCCCCCCCC)COC1OC(CO)C(O)C(O)C1O. The van der Waals surface area contributed by atoms with Crippen LogP contribution < -0.4 is 0 Å². The summed E-state index contributed by atoms with van der Waals surface area (Å²) in [5, 5.41) is 40.2. The maximum absolute atomic E-state index is 12.8. The van der Waals surface area contributed by atoms with Crippen molar-refractivity contribution in [2.75, 3.05) is 26.4 Å². The molecule has 6 unspecified atom stereocenters. The molecule has 0 bridgehead atoms. The Morgan fingerprint density at radius 1 is 0.508 bits per heavy atom. The summed E-state index contributed by atoms with van der Waals surface area (Å²) in [5.41, 5.74) is 0. The van der Waals surface area contributed by atoms with Crippen LogP contribution in [0.15, 0.2) is 24.3 Å². The fraction of sp³-hybridized carbons (Fsp3) is 0.904. The summed E-state index contributed by atoms with van der Waals surface area (Å²) in [6.07, 6.45) is 45.0. The van der Waals surface area contributed by atoms with Crippen LogP contribution >= 0.6 is 0 Å². The van der Waals surface area contributed by atoms with Gasteiger partial charge in [-0.05, 0) is 64.2 Å². The van der Waals surface area contributed by atoms with Gasteiger partial charge in [0, 0.05) is 13.0 Å². The largest absolute Gasteiger partial charge is 0.457 e. The molecule has 0 aromatic rings. The van der Waals surface area contributed by atoms with Crippen molar-refractivity contribution in [3.63, 3.8) is 0 Å². The number of ether oxygens (including phenoxy) is 4. The predicted molar refractivity (Wildman–Crippen MR) is 252 cm³/mol. The lowest BCUT2D eigenvalue weighted by atomic mass is 9.99. The minimum absolute atomic E-state index is 0.114. The Kier molecular flexibility index (Phi) is 41.5. The van der Waals surface area contributed by atoms with E-state index in [1.807, 2.05) is 0 Å². The average Bonchev–Trinajstić information content (AvgIpc) is 3.26. The molecule has 0 spiro atoms. The average molecular weight is 867 g/mol. The lowest BCUT2D eigenvalue weighted by Gasteiger charge is -2.39. The number of allylic oxidation sites excluding steroid dienone is 4. The van der Waals surface area contributed by atoms with Gasteiger partial charge < -0.3 is 39.4 Å². The number of aliphatic hydroxyl groups excluding tert-OH is 4. The first-order valence-electron chi connectivity index (χ1n) is 25.9. The predicted octanol–water partition coefficient (Wildman–Crippen LogP) is 12.5. The minimum Gasteiger partial charge on any atom is -0.457 e. The normalized spacial score (nSPS) is 20.0. The van der Waals surface area contributed by atoms with Crippen molar-refractivity contribution >= 4 is 5.97 Å². The zero-order chi connectivity index (χ0) is 44.3. The third-order valence-electron chi connectivity index (χ3n) is 12.1. The van der Waals surface area contributed by atoms with Crippen LogP contribution in [0.2, 0.25) is 0 Å². The molecule has 61 heavy (non-hydrogen) atoms. The monoisotopic (exact) mass is 867 g/mol. The number of aliphatic hydroxyl groups is 4. The summed E-state index contributed by atoms with van der Waals surface area (Å²) >= 11 is 0. The topological polar surface area (TPSA) is 135 Å². The molecule has 6 atom stereocenters. The fourth-order valence-electron chi connectivity index (χ4n) is 8.01. The number of hydrogen-bond donors (Lipinski definition) is 4. The van der Waals surface area contributed by atoms with Gasteiger partial charge in [-0.2, -0.15) is 0 Å². The number of rotatable bonds is 45. The van der Waals surface area contributed by atoms with Crippen LogP contribution in [0.4, 0.5) is 0 Å². The van der Waals surface area contributed by atoms with Gasteiger partial charge in [0.15, 0.2) is 6.29 Å². The number of carbonyl (C=O) groups is 1. The second-order valence-corrected chi connectivity index (χ2v) is 18.0. The molecular formula is C52H98O9. The molecule has 4 N–H and O–H groups in total. The lowest BCUT2D eigenvalue weighted by Crippen LogP contribution is -2.59. The Morgan fingerprint density at radius 3 is 1.33 bits per heavy atom. The quantitative estimate of drug-likeness (QED) is 0.0268. The van der Waals surface area contributed by atoms with Crippen molar-refractivity contribution in [1.82, 2.24) is 0 Å². The molecule has 0 aliphatic carbocycles. The van der Waals surface area contributed by atoms with Crippen LogP contribution in [0.25, 0.3) is 0 Å². The van der Waals surface area contributed by atoms with Gasteiger partial charge in [0.25, 0.3) is 0 Å². The molecule has 9 nitrogen and oxygen atoms in total. The Morgan fingerprint density at radius 2 is 0.902 bits per heavy atom. The summed E-state index contributed by atoms with van der Waals surface area (Å²) in [6, 6.07) is 0. The summed E-state index contributed by atoms with van der Waals surface area (Å²) in [4.78, 5) is 12.8. The second-order valence-electron chi connectivity index (χ2n) is 18.0. The van der Waals surface area contributed by atoms with Crippen molar-refractivity contribution in [1.29, 1.82) is 0 Å². The van der Waals surface area contributed by atoms with E-state index in [0.29, 0.717) is 13.0 Å². The van der Waals surface area contributed by atoms with E-state index in [0.717, 1.165) is 44.9 Å². The van der Waals surface area contributed by atoms with Gasteiger partial charge in [-0.1, -0.05) is 192 Å². The van der Waals surface area contributed by atoms with Crippen LogP contribution in [-0.2, 0) is 23.7 Å². The Hall–Kier alpha value is -1.33. The highest BCUT2D eigenvalue weighted by molar-refractivity contribution is 5.69. The van der Waals surface area contributed by atoms with E-state index in [-0.39, 0.29) is 19.2 Å². The summed E-state index contributed by atoms with van der Waals surface area (Å²) in [7, 11) is 0. The first-order chi connectivity index (χ1) is 29.9. The number of hydrogen-bond acceptors (Lipinski definition) is 9. The van der Waals surface area contributed by atoms with E-state index in [1.165, 1.54) is 173 Å². The molecule has 0 amide bonds. The van der Waals surface area contributed by atoms with Gasteiger partial charge >= 0.3 is 5.97 Å². The summed E-state index contributed by atoms with van der Waals surface area (Å²) < 4.78 is 22.9. The van der Waals surface area contributed by atoms with Gasteiger partial charge in [-0.15, -0.1) is 0 Å². The molecule has 1 aliphatic heterocycles. The number of carbonyl (C=O) groups excluding carboxylic acids is 1. The van der Waals surface area contributed by atoms with E-state index in [9.17, 15) is 25.2 Å². The Labute approximate surface area is 375 Å². The minimum atomic E-state index is -1.54. The van der Waals surface area contributed by atoms with Crippen LogP contribution in [0, 0.1) is 0 Å². The highest BCUT2D eigenvalue weighted by Crippen LogP contribution is 2.23. The molecule has 1 saturated heterocycles. The molecule has 1 heterocycles. The highest BCUT2D eigenvalue weighted by atomic mass is 16.7. The van der Waals surface area contributed by atoms with E-state index >= 15 is 0 Å². The molecule has 0 radical (unpaired) electrons. The van der Waals surface area contributed by atoms with Gasteiger partial charge in [-0.25, -0.2) is 0 Å². The van der Waals surface area contributed by atoms with Crippen LogP contribution in [0.3, 0.4) is 0 Å². The van der Waals surface area contributed by atoms with Gasteiger partial charge in [0.2, 0.25) is 0 Å². The van der Waals surface area contributed by atoms with Crippen molar-refractivity contribution in [3.8, 4) is 0 Å². The molecule has 360 valence electrons. The molecule has 1 rings (SSSR count). The summed E-state index contributed by atoms with van der Waals surface area (Å²) in [6.45, 7) is 4.57. The van der Waals surface area contributed by atoms with E-state index in [2.05, 4.69) is 38.2 Å². The van der Waals surface area contributed by atoms with Crippen LogP contribution in [0.5, 0.6) is 0 Å². The number of esters is 1. The fourth-order valence-corrected chi connectivity index (χ4v) is 8.01. The second kappa shape index (κ2) is 43.9. The Balaban J connectivity index is 2.16. The van der Waals surface area contributed by atoms with E-state index in [1.54, 1.807) is 0 Å². The molecule has 0 saturated carbocycles. The maximum Gasteiger partial charge on any atom is 0.306 e. The van der Waals surface area contributed by atoms with Gasteiger partial charge in [0.1, 0.15) is 30.5 Å². The maximum atomic E-state index is 12.8. The van der Waals surface area contributed by atoms with Crippen LogP contribution in [0.1, 0.15) is 239 Å². The summed E-state index contributed by atoms with van der Waals surface area (Å²) in [5.74, 6) is -0.319. The Bertz CT molecular complexity index is 988. The first kappa shape index (κ1) is 57.7. The third kappa shape index (κ3) is 34.7. The first-order valence-corrected chi connectivity index (χ1v) is 25.9. The number of unbranched alkanes of at least 4 members (excludes halogenated alkanes) is 30. The molecule has 1 fully saturated rings. The third-order valence-corrected chi connectivity index (χ3v) is 12.1. The van der Waals surface area contributed by atoms with E-state index in [4.69, 9.17) is 18.9 Å². The van der Waals surface area contributed by atoms with E-state index < -0.39 is 43.4 Å². The van der Waals surface area contributed by atoms with Crippen molar-refractivity contribution in [3.05, 3.63) is 24.3 Å². The smallest absolute Gasteiger partial charge is 0.306 e. The van der Waals surface area contributed by atoms with Crippen molar-refractivity contribution < 1.29 is 44.2 Å². The molecule has 9 heteroatoms. The van der Waals surface area contributed by atoms with Gasteiger partial charge in [-0.3, -0.25) is 4.79 Å². The van der Waals surface area contributed by atoms with Crippen molar-refractivity contribution in [2.24, 2.45) is 0 Å². The molecule has 1 aliphatic rings. The zero-order valence-corrected chi connectivity index (χ0v) is 39.7. The van der Waals surface area contributed by atoms with Crippen molar-refractivity contribution in [2.45, 2.75) is 275 Å². The van der Waals surface area contributed by atoms with Gasteiger partial charge in [0.05, 0.1) is 19.8 Å². The van der Waals surface area contributed by atoms with Crippen LogP contribution in [-0.4, -0.2) is 89.6 Å². The molecular weight excluding hydrogens is 769 g/mol. The highest BCUT2D eigenvalue weighted by Gasteiger charge is 2.44. The standard InChI is InChI=1S/C52H98O9/c1-3-5-7-9-11-13-15-17-19-20-21-22-23-24-25-26-27-28-30-32-34-36-38-40-42-58-44-46(45-59-52-51(57)50(56)49(55)47(43-53)61-52)60-48(54)41-39-37-35-33-31-29-18-16-14-12-10-8-6-4-2/h16,18,20-21,46-47,49-53,55-57H,3-15,17,19,22-45H2,1-2H3/b18-16-,21-20-. The lowest BCUT2D eigenvalue weighted by molar-refractivity contribution is -0.305. The molecule has 0 aromatic heterocycles. The molecule has 0 aromatic carbocycles. The zero-order valence-electron chi connectivity index (χ0n) is 39.7.